The first-order valence-electron chi connectivity index (χ1n) is 5.60. The Morgan fingerprint density at radius 2 is 2.11 bits per heavy atom. The predicted octanol–water partition coefficient (Wildman–Crippen LogP) is 0.350. The summed E-state index contributed by atoms with van der Waals surface area (Å²) in [6.45, 7) is -0.921. The number of rotatable bonds is 6. The first-order chi connectivity index (χ1) is 8.38. The molecule has 0 aromatic carbocycles. The molecule has 1 aliphatic heterocycles. The minimum atomic E-state index is -4.31. The highest BCUT2D eigenvalue weighted by Gasteiger charge is 2.27. The highest BCUT2D eigenvalue weighted by Crippen LogP contribution is 2.14. The normalized spacial score (nSPS) is 20.9. The number of imide groups is 1. The van der Waals surface area contributed by atoms with Crippen molar-refractivity contribution in [3.63, 3.8) is 0 Å². The van der Waals surface area contributed by atoms with Crippen LogP contribution in [0.4, 0.5) is 13.2 Å². The average molecular weight is 268 g/mol. The van der Waals surface area contributed by atoms with E-state index in [-0.39, 0.29) is 24.8 Å². The highest BCUT2D eigenvalue weighted by atomic mass is 19.4. The van der Waals surface area contributed by atoms with Gasteiger partial charge in [0.1, 0.15) is 6.61 Å². The zero-order valence-corrected chi connectivity index (χ0v) is 9.68. The van der Waals surface area contributed by atoms with Crippen molar-refractivity contribution in [2.45, 2.75) is 31.5 Å². The minimum Gasteiger partial charge on any atom is -0.372 e. The smallest absolute Gasteiger partial charge is 0.372 e. The fourth-order valence-electron chi connectivity index (χ4n) is 1.53. The molecule has 0 bridgehead atoms. The van der Waals surface area contributed by atoms with Crippen LogP contribution in [0.2, 0.25) is 0 Å². The van der Waals surface area contributed by atoms with Crippen molar-refractivity contribution < 1.29 is 27.5 Å². The van der Waals surface area contributed by atoms with Crippen molar-refractivity contribution in [2.24, 2.45) is 0 Å². The van der Waals surface area contributed by atoms with E-state index < -0.39 is 18.8 Å². The van der Waals surface area contributed by atoms with Crippen LogP contribution in [-0.4, -0.2) is 43.8 Å². The maximum Gasteiger partial charge on any atom is 0.411 e. The standard InChI is InChI=1S/C10H15F3N2O3/c11-10(12,13)6-18-5-1-4-14-7-2-3-8(16)15-9(7)17/h7,14H,1-6H2,(H,15,16,17). The number of piperidine rings is 1. The molecule has 1 saturated heterocycles. The monoisotopic (exact) mass is 268 g/mol. The average Bonchev–Trinajstić information content (AvgIpc) is 2.24. The second kappa shape index (κ2) is 6.69. The van der Waals surface area contributed by atoms with Gasteiger partial charge in [-0.3, -0.25) is 14.9 Å². The van der Waals surface area contributed by atoms with Gasteiger partial charge in [0, 0.05) is 13.0 Å². The van der Waals surface area contributed by atoms with E-state index in [1.165, 1.54) is 0 Å². The number of hydrogen-bond acceptors (Lipinski definition) is 4. The lowest BCUT2D eigenvalue weighted by molar-refractivity contribution is -0.173. The molecule has 0 spiro atoms. The minimum absolute atomic E-state index is 0.0280. The Kier molecular flexibility index (Phi) is 5.54. The summed E-state index contributed by atoms with van der Waals surface area (Å²) in [6.07, 6.45) is -3.26. The van der Waals surface area contributed by atoms with Gasteiger partial charge in [-0.05, 0) is 19.4 Å². The lowest BCUT2D eigenvalue weighted by atomic mass is 10.1. The Morgan fingerprint density at radius 3 is 2.72 bits per heavy atom. The van der Waals surface area contributed by atoms with Crippen LogP contribution in [0, 0.1) is 0 Å². The third-order valence-electron chi connectivity index (χ3n) is 2.36. The summed E-state index contributed by atoms with van der Waals surface area (Å²) >= 11 is 0. The zero-order valence-electron chi connectivity index (χ0n) is 9.68. The maximum absolute atomic E-state index is 11.7. The molecule has 0 radical (unpaired) electrons. The molecule has 18 heavy (non-hydrogen) atoms. The lowest BCUT2D eigenvalue weighted by Gasteiger charge is -2.21. The van der Waals surface area contributed by atoms with E-state index in [0.717, 1.165) is 0 Å². The summed E-state index contributed by atoms with van der Waals surface area (Å²) in [5.41, 5.74) is 0. The van der Waals surface area contributed by atoms with E-state index in [1.54, 1.807) is 0 Å². The van der Waals surface area contributed by atoms with Crippen molar-refractivity contribution >= 4 is 11.8 Å². The first-order valence-corrected chi connectivity index (χ1v) is 5.60. The number of hydrogen-bond donors (Lipinski definition) is 2. The fourth-order valence-corrected chi connectivity index (χ4v) is 1.53. The van der Waals surface area contributed by atoms with Crippen LogP contribution in [0.15, 0.2) is 0 Å². The second-order valence-electron chi connectivity index (χ2n) is 3.98. The third-order valence-corrected chi connectivity index (χ3v) is 2.36. The molecule has 1 rings (SSSR count). The Labute approximate surface area is 102 Å². The number of carbonyl (C=O) groups is 2. The zero-order chi connectivity index (χ0) is 13.6. The van der Waals surface area contributed by atoms with Gasteiger partial charge in [-0.1, -0.05) is 0 Å². The van der Waals surface area contributed by atoms with Crippen LogP contribution < -0.4 is 10.6 Å². The van der Waals surface area contributed by atoms with Gasteiger partial charge in [-0.2, -0.15) is 13.2 Å². The van der Waals surface area contributed by atoms with Crippen LogP contribution in [0.5, 0.6) is 0 Å². The molecule has 0 aromatic rings. The van der Waals surface area contributed by atoms with Crippen LogP contribution >= 0.6 is 0 Å². The van der Waals surface area contributed by atoms with Crippen molar-refractivity contribution in [2.75, 3.05) is 19.8 Å². The number of ether oxygens (including phenoxy) is 1. The number of nitrogens with one attached hydrogen (secondary N) is 2. The molecule has 1 atom stereocenters. The molecular formula is C10H15F3N2O3. The van der Waals surface area contributed by atoms with Gasteiger partial charge in [0.25, 0.3) is 0 Å². The molecule has 0 saturated carbocycles. The number of amides is 2. The van der Waals surface area contributed by atoms with Crippen LogP contribution in [0.25, 0.3) is 0 Å². The number of halogens is 3. The molecule has 2 amide bonds. The van der Waals surface area contributed by atoms with Crippen molar-refractivity contribution in [1.29, 1.82) is 0 Å². The van der Waals surface area contributed by atoms with Crippen molar-refractivity contribution in [3.8, 4) is 0 Å². The van der Waals surface area contributed by atoms with E-state index in [4.69, 9.17) is 0 Å². The SMILES string of the molecule is O=C1CCC(NCCCOCC(F)(F)F)C(=O)N1. The topological polar surface area (TPSA) is 67.4 Å². The molecule has 0 aromatic heterocycles. The van der Waals surface area contributed by atoms with Gasteiger partial charge in [0.2, 0.25) is 11.8 Å². The maximum atomic E-state index is 11.7. The highest BCUT2D eigenvalue weighted by molar-refractivity contribution is 6.00. The molecular weight excluding hydrogens is 253 g/mol. The summed E-state index contributed by atoms with van der Waals surface area (Å²) in [5.74, 6) is -0.686. The third kappa shape index (κ3) is 5.97. The Morgan fingerprint density at radius 1 is 1.39 bits per heavy atom. The van der Waals surface area contributed by atoms with E-state index in [0.29, 0.717) is 19.4 Å². The van der Waals surface area contributed by atoms with Gasteiger partial charge in [-0.15, -0.1) is 0 Å². The van der Waals surface area contributed by atoms with Crippen LogP contribution in [0.1, 0.15) is 19.3 Å². The number of carbonyl (C=O) groups excluding carboxylic acids is 2. The Hall–Kier alpha value is -1.15. The van der Waals surface area contributed by atoms with Gasteiger partial charge < -0.3 is 10.1 Å². The summed E-state index contributed by atoms with van der Waals surface area (Å²) in [6, 6.07) is -0.453. The van der Waals surface area contributed by atoms with Crippen LogP contribution in [-0.2, 0) is 14.3 Å². The lowest BCUT2D eigenvalue weighted by Crippen LogP contribution is -2.50. The molecule has 2 N–H and O–H groups in total. The molecule has 0 aliphatic carbocycles. The van der Waals surface area contributed by atoms with Crippen molar-refractivity contribution in [1.82, 2.24) is 10.6 Å². The molecule has 5 nitrogen and oxygen atoms in total. The first kappa shape index (κ1) is 14.9. The Balaban J connectivity index is 2.04. The molecule has 1 fully saturated rings. The number of alkyl halides is 3. The Bertz CT molecular complexity index is 307. The summed E-state index contributed by atoms with van der Waals surface area (Å²) in [5, 5.41) is 5.04. The fraction of sp³-hybridized carbons (Fsp3) is 0.800. The summed E-state index contributed by atoms with van der Waals surface area (Å²) in [7, 11) is 0. The molecule has 104 valence electrons. The second-order valence-corrected chi connectivity index (χ2v) is 3.98. The largest absolute Gasteiger partial charge is 0.411 e. The van der Waals surface area contributed by atoms with Crippen molar-refractivity contribution in [3.05, 3.63) is 0 Å². The van der Waals surface area contributed by atoms with Gasteiger partial charge in [-0.25, -0.2) is 0 Å². The molecule has 1 aliphatic rings. The quantitative estimate of drug-likeness (QED) is 0.539. The molecule has 8 heteroatoms. The van der Waals surface area contributed by atoms with Gasteiger partial charge in [0.05, 0.1) is 6.04 Å². The van der Waals surface area contributed by atoms with E-state index in [2.05, 4.69) is 15.4 Å². The predicted molar refractivity (Wildman–Crippen MR) is 55.7 cm³/mol. The summed E-state index contributed by atoms with van der Waals surface area (Å²) < 4.78 is 39.6. The molecule has 1 unspecified atom stereocenters. The molecule has 1 heterocycles. The van der Waals surface area contributed by atoms with Gasteiger partial charge in [0.15, 0.2) is 0 Å². The van der Waals surface area contributed by atoms with Crippen LogP contribution in [0.3, 0.4) is 0 Å². The van der Waals surface area contributed by atoms with E-state index in [1.807, 2.05) is 0 Å². The van der Waals surface area contributed by atoms with Gasteiger partial charge >= 0.3 is 6.18 Å². The summed E-state index contributed by atoms with van der Waals surface area (Å²) in [4.78, 5) is 22.1. The van der Waals surface area contributed by atoms with E-state index in [9.17, 15) is 22.8 Å². The van der Waals surface area contributed by atoms with E-state index >= 15 is 0 Å².